The smallest absolute Gasteiger partial charge is 0.269 e. The van der Waals surface area contributed by atoms with Crippen LogP contribution in [0.5, 0.6) is 5.75 Å². The van der Waals surface area contributed by atoms with Gasteiger partial charge in [-0.1, -0.05) is 12.1 Å². The number of methoxy groups -OCH3 is 1. The molecule has 2 fully saturated rings. The van der Waals surface area contributed by atoms with E-state index in [1.807, 2.05) is 30.3 Å². The molecule has 10 heteroatoms. The molecule has 1 aliphatic heterocycles. The highest BCUT2D eigenvalue weighted by Gasteiger charge is 2.28. The maximum atomic E-state index is 13.2. The van der Waals surface area contributed by atoms with Crippen LogP contribution in [0.3, 0.4) is 0 Å². The fourth-order valence-electron chi connectivity index (χ4n) is 4.58. The van der Waals surface area contributed by atoms with Crippen LogP contribution in [0.1, 0.15) is 33.6 Å². The molecular weight excluding hydrogens is 486 g/mol. The summed E-state index contributed by atoms with van der Waals surface area (Å²) >= 11 is 0. The van der Waals surface area contributed by atoms with Crippen LogP contribution in [0.4, 0.5) is 22.7 Å². The van der Waals surface area contributed by atoms with Gasteiger partial charge in [0.05, 0.1) is 23.3 Å². The maximum absolute atomic E-state index is 13.2. The Bertz CT molecular complexity index is 1350. The lowest BCUT2D eigenvalue weighted by Gasteiger charge is -2.38. The second-order valence-corrected chi connectivity index (χ2v) is 9.38. The summed E-state index contributed by atoms with van der Waals surface area (Å²) in [5.74, 6) is 0.256. The average molecular weight is 516 g/mol. The minimum Gasteiger partial charge on any atom is -0.495 e. The van der Waals surface area contributed by atoms with E-state index in [2.05, 4.69) is 20.4 Å². The summed E-state index contributed by atoms with van der Waals surface area (Å²) in [5.41, 5.74) is 3.04. The first-order valence-corrected chi connectivity index (χ1v) is 12.6. The van der Waals surface area contributed by atoms with E-state index >= 15 is 0 Å². The van der Waals surface area contributed by atoms with Gasteiger partial charge < -0.3 is 25.2 Å². The number of nitro groups is 1. The Morgan fingerprint density at radius 2 is 1.55 bits per heavy atom. The van der Waals surface area contributed by atoms with Crippen molar-refractivity contribution in [1.82, 2.24) is 5.32 Å². The first kappa shape index (κ1) is 25.1. The van der Waals surface area contributed by atoms with Crippen LogP contribution in [0.25, 0.3) is 0 Å². The number of hydrogen-bond donors (Lipinski definition) is 2. The van der Waals surface area contributed by atoms with Gasteiger partial charge in [-0.15, -0.1) is 0 Å². The van der Waals surface area contributed by atoms with E-state index < -0.39 is 10.8 Å². The minimum atomic E-state index is -0.513. The van der Waals surface area contributed by atoms with Crippen LogP contribution in [-0.4, -0.2) is 56.1 Å². The van der Waals surface area contributed by atoms with Crippen LogP contribution in [0.15, 0.2) is 66.7 Å². The molecule has 1 saturated carbocycles. The fourth-order valence-corrected chi connectivity index (χ4v) is 4.58. The zero-order valence-electron chi connectivity index (χ0n) is 21.1. The normalized spacial score (nSPS) is 15.1. The molecule has 10 nitrogen and oxygen atoms in total. The van der Waals surface area contributed by atoms with Crippen molar-refractivity contribution in [1.29, 1.82) is 0 Å². The predicted octanol–water partition coefficient (Wildman–Crippen LogP) is 4.07. The summed E-state index contributed by atoms with van der Waals surface area (Å²) in [6, 6.07) is 18.9. The Morgan fingerprint density at radius 1 is 0.895 bits per heavy atom. The Balaban J connectivity index is 1.33. The van der Waals surface area contributed by atoms with Gasteiger partial charge in [0.15, 0.2) is 0 Å². The molecular formula is C28H29N5O5. The molecule has 3 aromatic rings. The molecule has 0 spiro atoms. The first-order valence-electron chi connectivity index (χ1n) is 12.6. The van der Waals surface area contributed by atoms with E-state index in [1.165, 1.54) is 24.3 Å². The summed E-state index contributed by atoms with van der Waals surface area (Å²) in [5, 5.41) is 16.8. The monoisotopic (exact) mass is 515 g/mol. The van der Waals surface area contributed by atoms with Crippen molar-refractivity contribution >= 4 is 34.6 Å². The standard InChI is InChI=1S/C28H29N5O5/c1-38-26-5-3-2-4-25(26)32-16-14-31(15-17-32)24-13-10-21(18-23(24)28(35)29-20-8-9-20)30-27(34)19-6-11-22(12-7-19)33(36)37/h2-7,10-13,18,20H,8-9,14-17H2,1H3,(H,29,35)(H,30,34). The van der Waals surface area contributed by atoms with Gasteiger partial charge >= 0.3 is 0 Å². The minimum absolute atomic E-state index is 0.0873. The van der Waals surface area contributed by atoms with E-state index in [0.717, 1.165) is 56.1 Å². The molecule has 0 aromatic heterocycles. The lowest BCUT2D eigenvalue weighted by Crippen LogP contribution is -2.47. The summed E-state index contributed by atoms with van der Waals surface area (Å²) < 4.78 is 5.52. The molecule has 0 unspecified atom stereocenters. The van der Waals surface area contributed by atoms with Crippen molar-refractivity contribution in [2.45, 2.75) is 18.9 Å². The molecule has 3 aromatic carbocycles. The Hall–Kier alpha value is -4.60. The summed E-state index contributed by atoms with van der Waals surface area (Å²) in [6.45, 7) is 2.97. The lowest BCUT2D eigenvalue weighted by molar-refractivity contribution is -0.384. The molecule has 2 N–H and O–H groups in total. The number of anilines is 3. The van der Waals surface area contributed by atoms with Gasteiger partial charge in [0, 0.05) is 61.3 Å². The first-order chi connectivity index (χ1) is 18.4. The molecule has 0 radical (unpaired) electrons. The van der Waals surface area contributed by atoms with Crippen molar-refractivity contribution in [2.24, 2.45) is 0 Å². The number of non-ortho nitro benzene ring substituents is 1. The van der Waals surface area contributed by atoms with Crippen molar-refractivity contribution < 1.29 is 19.2 Å². The van der Waals surface area contributed by atoms with Gasteiger partial charge in [-0.2, -0.15) is 0 Å². The molecule has 0 bridgehead atoms. The van der Waals surface area contributed by atoms with Crippen LogP contribution >= 0.6 is 0 Å². The van der Waals surface area contributed by atoms with Crippen LogP contribution in [-0.2, 0) is 0 Å². The summed E-state index contributed by atoms with van der Waals surface area (Å²) in [7, 11) is 1.67. The average Bonchev–Trinajstić information content (AvgIpc) is 3.77. The van der Waals surface area contributed by atoms with Crippen LogP contribution in [0.2, 0.25) is 0 Å². The van der Waals surface area contributed by atoms with E-state index in [-0.39, 0.29) is 23.2 Å². The number of para-hydroxylation sites is 2. The molecule has 5 rings (SSSR count). The highest BCUT2D eigenvalue weighted by molar-refractivity contribution is 6.06. The molecule has 0 atom stereocenters. The summed E-state index contributed by atoms with van der Waals surface area (Å²) in [4.78, 5) is 40.8. The van der Waals surface area contributed by atoms with Crippen molar-refractivity contribution in [3.63, 3.8) is 0 Å². The van der Waals surface area contributed by atoms with Crippen molar-refractivity contribution in [3.05, 3.63) is 88.0 Å². The summed E-state index contributed by atoms with van der Waals surface area (Å²) in [6.07, 6.45) is 1.93. The molecule has 1 heterocycles. The molecule has 2 amide bonds. The Labute approximate surface area is 220 Å². The topological polar surface area (TPSA) is 117 Å². The highest BCUT2D eigenvalue weighted by Crippen LogP contribution is 2.31. The van der Waals surface area contributed by atoms with E-state index in [4.69, 9.17) is 4.74 Å². The van der Waals surface area contributed by atoms with Gasteiger partial charge in [0.1, 0.15) is 5.75 Å². The molecule has 1 aliphatic carbocycles. The number of amides is 2. The number of rotatable bonds is 8. The SMILES string of the molecule is COc1ccccc1N1CCN(c2ccc(NC(=O)c3ccc([N+](=O)[O-])cc3)cc2C(=O)NC2CC2)CC1. The zero-order chi connectivity index (χ0) is 26.6. The van der Waals surface area contributed by atoms with Crippen LogP contribution < -0.4 is 25.2 Å². The lowest BCUT2D eigenvalue weighted by atomic mass is 10.1. The number of piperazine rings is 1. The zero-order valence-corrected chi connectivity index (χ0v) is 21.1. The number of carbonyl (C=O) groups is 2. The second-order valence-electron chi connectivity index (χ2n) is 9.38. The van der Waals surface area contributed by atoms with E-state index in [1.54, 1.807) is 19.2 Å². The number of benzene rings is 3. The van der Waals surface area contributed by atoms with Gasteiger partial charge in [-0.3, -0.25) is 19.7 Å². The van der Waals surface area contributed by atoms with E-state index in [0.29, 0.717) is 11.3 Å². The molecule has 2 aliphatic rings. The third-order valence-electron chi connectivity index (χ3n) is 6.80. The van der Waals surface area contributed by atoms with Crippen molar-refractivity contribution in [3.8, 4) is 5.75 Å². The third kappa shape index (κ3) is 5.54. The van der Waals surface area contributed by atoms with Gasteiger partial charge in [-0.05, 0) is 55.3 Å². The molecule has 1 saturated heterocycles. The quantitative estimate of drug-likeness (QED) is 0.343. The Morgan fingerprint density at radius 3 is 2.18 bits per heavy atom. The molecule has 196 valence electrons. The number of nitrogens with one attached hydrogen (secondary N) is 2. The number of ether oxygens (including phenoxy) is 1. The highest BCUT2D eigenvalue weighted by atomic mass is 16.6. The van der Waals surface area contributed by atoms with Gasteiger partial charge in [0.2, 0.25) is 0 Å². The predicted molar refractivity (Wildman–Crippen MR) is 145 cm³/mol. The van der Waals surface area contributed by atoms with E-state index in [9.17, 15) is 19.7 Å². The van der Waals surface area contributed by atoms with Gasteiger partial charge in [0.25, 0.3) is 17.5 Å². The van der Waals surface area contributed by atoms with Crippen molar-refractivity contribution in [2.75, 3.05) is 48.4 Å². The number of nitrogens with zero attached hydrogens (tertiary/aromatic N) is 3. The van der Waals surface area contributed by atoms with Gasteiger partial charge in [-0.25, -0.2) is 0 Å². The second kappa shape index (κ2) is 10.8. The fraction of sp³-hybridized carbons (Fsp3) is 0.286. The Kier molecular flexibility index (Phi) is 7.12. The number of nitro benzene ring substituents is 1. The maximum Gasteiger partial charge on any atom is 0.269 e. The third-order valence-corrected chi connectivity index (χ3v) is 6.80. The number of carbonyl (C=O) groups excluding carboxylic acids is 2. The largest absolute Gasteiger partial charge is 0.495 e. The molecule has 38 heavy (non-hydrogen) atoms. The number of hydrogen-bond acceptors (Lipinski definition) is 7. The van der Waals surface area contributed by atoms with Crippen LogP contribution in [0, 0.1) is 10.1 Å².